The van der Waals surface area contributed by atoms with Crippen LogP contribution in [0, 0.1) is 0 Å². The normalized spacial score (nSPS) is 13.9. The highest BCUT2D eigenvalue weighted by Crippen LogP contribution is 2.32. The average molecular weight is 496 g/mol. The lowest BCUT2D eigenvalue weighted by Gasteiger charge is -2.35. The molecule has 36 heavy (non-hydrogen) atoms. The van der Waals surface area contributed by atoms with Crippen LogP contribution in [0.25, 0.3) is 11.1 Å². The van der Waals surface area contributed by atoms with Crippen molar-refractivity contribution in [2.45, 2.75) is 6.18 Å². The second-order valence-corrected chi connectivity index (χ2v) is 8.34. The fourth-order valence-electron chi connectivity index (χ4n) is 4.06. The second-order valence-electron chi connectivity index (χ2n) is 8.34. The van der Waals surface area contributed by atoms with Crippen LogP contribution in [-0.2, 0) is 11.0 Å². The quantitative estimate of drug-likeness (QED) is 0.580. The van der Waals surface area contributed by atoms with Crippen LogP contribution in [0.4, 0.5) is 13.2 Å². The first kappa shape index (κ1) is 25.0. The molecule has 0 radical (unpaired) electrons. The smallest absolute Gasteiger partial charge is 0.343 e. The standard InChI is InChI=1S/C27H24F3N3O3/c28-27(29,30)23-9-5-4-8-22(23)26(36)33-16-14-32(15-17-33)24(34)18-31-25(35)21-12-10-20(11-13-21)19-6-2-1-3-7-19/h1-13H,14-18H2,(H,31,35). The zero-order valence-electron chi connectivity index (χ0n) is 19.3. The van der Waals surface area contributed by atoms with E-state index in [0.29, 0.717) is 5.56 Å². The third-order valence-electron chi connectivity index (χ3n) is 6.04. The molecule has 1 aliphatic rings. The van der Waals surface area contributed by atoms with Gasteiger partial charge in [0.1, 0.15) is 0 Å². The van der Waals surface area contributed by atoms with Crippen molar-refractivity contribution in [3.63, 3.8) is 0 Å². The first-order chi connectivity index (χ1) is 17.2. The highest BCUT2D eigenvalue weighted by molar-refractivity contribution is 5.97. The summed E-state index contributed by atoms with van der Waals surface area (Å²) in [6.07, 6.45) is -4.63. The van der Waals surface area contributed by atoms with E-state index in [1.54, 1.807) is 12.1 Å². The maximum absolute atomic E-state index is 13.3. The third kappa shape index (κ3) is 5.73. The number of nitrogens with zero attached hydrogens (tertiary/aromatic N) is 2. The molecule has 1 N–H and O–H groups in total. The Morgan fingerprint density at radius 2 is 1.28 bits per heavy atom. The van der Waals surface area contributed by atoms with Crippen LogP contribution in [-0.4, -0.2) is 60.2 Å². The van der Waals surface area contributed by atoms with Crippen molar-refractivity contribution in [1.29, 1.82) is 0 Å². The monoisotopic (exact) mass is 495 g/mol. The van der Waals surface area contributed by atoms with E-state index in [2.05, 4.69) is 5.32 Å². The summed E-state index contributed by atoms with van der Waals surface area (Å²) in [6, 6.07) is 21.4. The van der Waals surface area contributed by atoms with E-state index in [4.69, 9.17) is 0 Å². The molecule has 1 heterocycles. The van der Waals surface area contributed by atoms with E-state index in [1.165, 1.54) is 21.9 Å². The molecule has 3 amide bonds. The van der Waals surface area contributed by atoms with Gasteiger partial charge in [-0.15, -0.1) is 0 Å². The summed E-state index contributed by atoms with van der Waals surface area (Å²) in [6.45, 7) is 0.322. The van der Waals surface area contributed by atoms with Crippen molar-refractivity contribution in [1.82, 2.24) is 15.1 Å². The predicted molar refractivity (Wildman–Crippen MR) is 128 cm³/mol. The van der Waals surface area contributed by atoms with E-state index >= 15 is 0 Å². The van der Waals surface area contributed by atoms with Gasteiger partial charge in [0, 0.05) is 31.7 Å². The van der Waals surface area contributed by atoms with E-state index < -0.39 is 23.2 Å². The molecule has 9 heteroatoms. The van der Waals surface area contributed by atoms with Crippen molar-refractivity contribution in [3.05, 3.63) is 95.6 Å². The Bertz CT molecular complexity index is 1240. The number of hydrogen-bond acceptors (Lipinski definition) is 3. The minimum absolute atomic E-state index is 0.103. The molecule has 4 rings (SSSR count). The summed E-state index contributed by atoms with van der Waals surface area (Å²) in [5.41, 5.74) is 1.03. The molecule has 6 nitrogen and oxygen atoms in total. The molecular formula is C27H24F3N3O3. The van der Waals surface area contributed by atoms with Gasteiger partial charge < -0.3 is 15.1 Å². The number of carbonyl (C=O) groups is 3. The minimum atomic E-state index is -4.63. The number of alkyl halides is 3. The number of rotatable bonds is 5. The first-order valence-corrected chi connectivity index (χ1v) is 11.4. The number of nitrogens with one attached hydrogen (secondary N) is 1. The Morgan fingerprint density at radius 1 is 0.722 bits per heavy atom. The molecule has 1 saturated heterocycles. The molecule has 3 aromatic carbocycles. The topological polar surface area (TPSA) is 69.7 Å². The van der Waals surface area contributed by atoms with Gasteiger partial charge >= 0.3 is 6.18 Å². The average Bonchev–Trinajstić information content (AvgIpc) is 2.91. The highest BCUT2D eigenvalue weighted by Gasteiger charge is 2.36. The Morgan fingerprint density at radius 3 is 1.92 bits per heavy atom. The molecule has 0 atom stereocenters. The van der Waals surface area contributed by atoms with Crippen LogP contribution >= 0.6 is 0 Å². The van der Waals surface area contributed by atoms with E-state index in [1.807, 2.05) is 42.5 Å². The molecular weight excluding hydrogens is 471 g/mol. The Balaban J connectivity index is 1.28. The van der Waals surface area contributed by atoms with E-state index in [0.717, 1.165) is 23.3 Å². The van der Waals surface area contributed by atoms with Crippen molar-refractivity contribution < 1.29 is 27.6 Å². The number of benzene rings is 3. The van der Waals surface area contributed by atoms with Crippen LogP contribution in [0.5, 0.6) is 0 Å². The highest BCUT2D eigenvalue weighted by atomic mass is 19.4. The van der Waals surface area contributed by atoms with Crippen LogP contribution in [0.3, 0.4) is 0 Å². The number of amides is 3. The minimum Gasteiger partial charge on any atom is -0.343 e. The lowest BCUT2D eigenvalue weighted by Crippen LogP contribution is -2.52. The molecule has 0 unspecified atom stereocenters. The SMILES string of the molecule is O=C(NCC(=O)N1CCN(C(=O)c2ccccc2C(F)(F)F)CC1)c1ccc(-c2ccccc2)cc1. The first-order valence-electron chi connectivity index (χ1n) is 11.4. The number of halogens is 3. The zero-order valence-corrected chi connectivity index (χ0v) is 19.3. The largest absolute Gasteiger partial charge is 0.417 e. The summed E-state index contributed by atoms with van der Waals surface area (Å²) in [5, 5.41) is 2.60. The summed E-state index contributed by atoms with van der Waals surface area (Å²) < 4.78 is 39.8. The van der Waals surface area contributed by atoms with Crippen molar-refractivity contribution >= 4 is 17.7 Å². The van der Waals surface area contributed by atoms with Gasteiger partial charge in [-0.2, -0.15) is 13.2 Å². The van der Waals surface area contributed by atoms with Gasteiger partial charge in [-0.3, -0.25) is 14.4 Å². The maximum atomic E-state index is 13.3. The molecule has 186 valence electrons. The Kier molecular flexibility index (Phi) is 7.38. The van der Waals surface area contributed by atoms with Crippen molar-refractivity contribution in [3.8, 4) is 11.1 Å². The summed E-state index contributed by atoms with van der Waals surface area (Å²) in [5.74, 6) is -1.44. The third-order valence-corrected chi connectivity index (χ3v) is 6.04. The van der Waals surface area contributed by atoms with Gasteiger partial charge in [0.15, 0.2) is 0 Å². The van der Waals surface area contributed by atoms with Gasteiger partial charge in [0.05, 0.1) is 17.7 Å². The molecule has 0 saturated carbocycles. The van der Waals surface area contributed by atoms with Gasteiger partial charge in [-0.1, -0.05) is 54.6 Å². The molecule has 0 aliphatic carbocycles. The van der Waals surface area contributed by atoms with Gasteiger partial charge in [0.25, 0.3) is 11.8 Å². The van der Waals surface area contributed by atoms with Crippen molar-refractivity contribution in [2.75, 3.05) is 32.7 Å². The summed E-state index contributed by atoms with van der Waals surface area (Å²) in [7, 11) is 0. The molecule has 0 aromatic heterocycles. The zero-order chi connectivity index (χ0) is 25.7. The summed E-state index contributed by atoms with van der Waals surface area (Å²) in [4.78, 5) is 40.5. The van der Waals surface area contributed by atoms with E-state index in [9.17, 15) is 27.6 Å². The Hall–Kier alpha value is -4.14. The number of hydrogen-bond donors (Lipinski definition) is 1. The van der Waals surface area contributed by atoms with Crippen LogP contribution in [0.2, 0.25) is 0 Å². The van der Waals surface area contributed by atoms with E-state index in [-0.39, 0.29) is 44.5 Å². The molecule has 0 spiro atoms. The lowest BCUT2D eigenvalue weighted by molar-refractivity contribution is -0.138. The molecule has 0 bridgehead atoms. The molecule has 1 aliphatic heterocycles. The predicted octanol–water partition coefficient (Wildman–Crippen LogP) is 4.09. The molecule has 1 fully saturated rings. The fraction of sp³-hybridized carbons (Fsp3) is 0.222. The molecule has 3 aromatic rings. The fourth-order valence-corrected chi connectivity index (χ4v) is 4.06. The Labute approximate surface area is 206 Å². The van der Waals surface area contributed by atoms with Crippen LogP contribution < -0.4 is 5.32 Å². The van der Waals surface area contributed by atoms with Crippen LogP contribution in [0.1, 0.15) is 26.3 Å². The maximum Gasteiger partial charge on any atom is 0.417 e. The van der Waals surface area contributed by atoms with Crippen LogP contribution in [0.15, 0.2) is 78.9 Å². The second kappa shape index (κ2) is 10.6. The number of carbonyl (C=O) groups excluding carboxylic acids is 3. The van der Waals surface area contributed by atoms with Crippen molar-refractivity contribution in [2.24, 2.45) is 0 Å². The summed E-state index contributed by atoms with van der Waals surface area (Å²) >= 11 is 0. The number of piperazine rings is 1. The van der Waals surface area contributed by atoms with Gasteiger partial charge in [0.2, 0.25) is 5.91 Å². The lowest BCUT2D eigenvalue weighted by atomic mass is 10.0. The van der Waals surface area contributed by atoms with Gasteiger partial charge in [-0.05, 0) is 35.4 Å². The van der Waals surface area contributed by atoms with Gasteiger partial charge in [-0.25, -0.2) is 0 Å².